The molecular formula is C16H26N2O2S. The molecule has 2 rings (SSSR count). The van der Waals surface area contributed by atoms with Crippen LogP contribution < -0.4 is 5.32 Å². The third kappa shape index (κ3) is 4.05. The number of rotatable bonds is 5. The number of carbonyl (C=O) groups excluding carboxylic acids is 1. The molecule has 1 amide bonds. The Morgan fingerprint density at radius 1 is 1.33 bits per heavy atom. The molecule has 118 valence electrons. The summed E-state index contributed by atoms with van der Waals surface area (Å²) in [5.74, 6) is 0.0594. The van der Waals surface area contributed by atoms with Gasteiger partial charge in [0.25, 0.3) is 0 Å². The Morgan fingerprint density at radius 3 is 2.71 bits per heavy atom. The zero-order valence-electron chi connectivity index (χ0n) is 13.2. The number of aliphatic hydroxyl groups excluding tert-OH is 1. The van der Waals surface area contributed by atoms with Gasteiger partial charge in [-0.15, -0.1) is 11.3 Å². The second-order valence-electron chi connectivity index (χ2n) is 5.92. The van der Waals surface area contributed by atoms with Gasteiger partial charge in [-0.25, -0.2) is 0 Å². The molecule has 0 saturated carbocycles. The van der Waals surface area contributed by atoms with E-state index in [0.717, 1.165) is 30.8 Å². The zero-order valence-corrected chi connectivity index (χ0v) is 14.1. The minimum absolute atomic E-state index is 0.0594. The topological polar surface area (TPSA) is 52.6 Å². The summed E-state index contributed by atoms with van der Waals surface area (Å²) in [5.41, 5.74) is 2.45. The highest BCUT2D eigenvalue weighted by molar-refractivity contribution is 7.16. The molecule has 21 heavy (non-hydrogen) atoms. The van der Waals surface area contributed by atoms with Gasteiger partial charge in [0, 0.05) is 17.5 Å². The Bertz CT molecular complexity index is 497. The summed E-state index contributed by atoms with van der Waals surface area (Å²) in [5, 5.41) is 13.2. The maximum Gasteiger partial charge on any atom is 0.239 e. The summed E-state index contributed by atoms with van der Waals surface area (Å²) < 4.78 is 0. The molecule has 1 unspecified atom stereocenters. The number of carbonyl (C=O) groups is 1. The van der Waals surface area contributed by atoms with Crippen LogP contribution in [0.25, 0.3) is 0 Å². The van der Waals surface area contributed by atoms with Gasteiger partial charge in [0.2, 0.25) is 5.91 Å². The van der Waals surface area contributed by atoms with E-state index in [0.29, 0.717) is 12.6 Å². The third-order valence-electron chi connectivity index (χ3n) is 4.50. The average molecular weight is 310 g/mol. The van der Waals surface area contributed by atoms with E-state index >= 15 is 0 Å². The van der Waals surface area contributed by atoms with Crippen LogP contribution in [0, 0.1) is 20.8 Å². The molecule has 1 aliphatic rings. The minimum Gasteiger partial charge on any atom is -0.396 e. The van der Waals surface area contributed by atoms with Gasteiger partial charge >= 0.3 is 0 Å². The van der Waals surface area contributed by atoms with Crippen LogP contribution in [0.4, 0.5) is 5.00 Å². The lowest BCUT2D eigenvalue weighted by molar-refractivity contribution is -0.118. The van der Waals surface area contributed by atoms with Crippen LogP contribution in [-0.4, -0.2) is 41.7 Å². The van der Waals surface area contributed by atoms with Crippen molar-refractivity contribution in [2.75, 3.05) is 25.0 Å². The number of anilines is 1. The van der Waals surface area contributed by atoms with Crippen molar-refractivity contribution >= 4 is 22.2 Å². The van der Waals surface area contributed by atoms with Crippen LogP contribution in [0.15, 0.2) is 0 Å². The maximum absolute atomic E-state index is 12.3. The molecule has 1 aromatic heterocycles. The predicted molar refractivity (Wildman–Crippen MR) is 88.1 cm³/mol. The summed E-state index contributed by atoms with van der Waals surface area (Å²) in [6.45, 7) is 7.83. The Morgan fingerprint density at radius 2 is 2.10 bits per heavy atom. The molecule has 0 aromatic carbocycles. The second-order valence-corrected chi connectivity index (χ2v) is 7.14. The number of nitrogens with one attached hydrogen (secondary N) is 1. The number of hydrogen-bond donors (Lipinski definition) is 2. The SMILES string of the molecule is Cc1sc(NC(=O)CN2CCCCC2CCO)c(C)c1C. The molecule has 0 spiro atoms. The smallest absolute Gasteiger partial charge is 0.239 e. The number of piperidine rings is 1. The van der Waals surface area contributed by atoms with Crippen molar-refractivity contribution in [3.8, 4) is 0 Å². The molecular weight excluding hydrogens is 284 g/mol. The zero-order chi connectivity index (χ0) is 15.4. The van der Waals surface area contributed by atoms with E-state index < -0.39 is 0 Å². The molecule has 1 atom stereocenters. The molecule has 0 aliphatic carbocycles. The van der Waals surface area contributed by atoms with Gasteiger partial charge in [-0.1, -0.05) is 6.42 Å². The first-order valence-corrected chi connectivity index (χ1v) is 8.56. The summed E-state index contributed by atoms with van der Waals surface area (Å²) in [6, 6.07) is 0.349. The first-order valence-electron chi connectivity index (χ1n) is 7.74. The summed E-state index contributed by atoms with van der Waals surface area (Å²) in [4.78, 5) is 15.8. The van der Waals surface area contributed by atoms with E-state index in [1.807, 2.05) is 0 Å². The molecule has 1 fully saturated rings. The van der Waals surface area contributed by atoms with Crippen molar-refractivity contribution in [1.29, 1.82) is 0 Å². The van der Waals surface area contributed by atoms with E-state index in [1.54, 1.807) is 11.3 Å². The molecule has 4 nitrogen and oxygen atoms in total. The number of likely N-dealkylation sites (tertiary alicyclic amines) is 1. The van der Waals surface area contributed by atoms with Gasteiger partial charge in [-0.2, -0.15) is 0 Å². The fraction of sp³-hybridized carbons (Fsp3) is 0.688. The molecule has 1 saturated heterocycles. The number of amides is 1. The van der Waals surface area contributed by atoms with Crippen LogP contribution in [0.1, 0.15) is 41.7 Å². The van der Waals surface area contributed by atoms with Crippen LogP contribution >= 0.6 is 11.3 Å². The van der Waals surface area contributed by atoms with Crippen LogP contribution in [-0.2, 0) is 4.79 Å². The van der Waals surface area contributed by atoms with Crippen LogP contribution in [0.2, 0.25) is 0 Å². The van der Waals surface area contributed by atoms with Crippen molar-refractivity contribution in [2.24, 2.45) is 0 Å². The lowest BCUT2D eigenvalue weighted by Crippen LogP contribution is -2.44. The molecule has 2 N–H and O–H groups in total. The summed E-state index contributed by atoms with van der Waals surface area (Å²) >= 11 is 1.65. The lowest BCUT2D eigenvalue weighted by Gasteiger charge is -2.34. The van der Waals surface area contributed by atoms with Crippen molar-refractivity contribution < 1.29 is 9.90 Å². The standard InChI is InChI=1S/C16H26N2O2S/c1-11-12(2)16(21-13(11)3)17-15(20)10-18-8-5-4-6-14(18)7-9-19/h14,19H,4-10H2,1-3H3,(H,17,20). The highest BCUT2D eigenvalue weighted by Gasteiger charge is 2.24. The average Bonchev–Trinajstić information content (AvgIpc) is 2.69. The molecule has 5 heteroatoms. The molecule has 1 aliphatic heterocycles. The predicted octanol–water partition coefficient (Wildman–Crippen LogP) is 2.85. The number of hydrogen-bond acceptors (Lipinski definition) is 4. The van der Waals surface area contributed by atoms with E-state index in [2.05, 4.69) is 31.0 Å². The lowest BCUT2D eigenvalue weighted by atomic mass is 10.00. The van der Waals surface area contributed by atoms with Crippen molar-refractivity contribution in [1.82, 2.24) is 4.90 Å². The van der Waals surface area contributed by atoms with Crippen LogP contribution in [0.5, 0.6) is 0 Å². The van der Waals surface area contributed by atoms with Crippen molar-refractivity contribution in [3.63, 3.8) is 0 Å². The molecule has 0 radical (unpaired) electrons. The summed E-state index contributed by atoms with van der Waals surface area (Å²) in [6.07, 6.45) is 4.20. The minimum atomic E-state index is 0.0594. The quantitative estimate of drug-likeness (QED) is 0.879. The monoisotopic (exact) mass is 310 g/mol. The Balaban J connectivity index is 1.95. The number of nitrogens with zero attached hydrogens (tertiary/aromatic N) is 1. The fourth-order valence-electron chi connectivity index (χ4n) is 2.95. The van der Waals surface area contributed by atoms with Gasteiger partial charge in [0.15, 0.2) is 0 Å². The second kappa shape index (κ2) is 7.38. The fourth-order valence-corrected chi connectivity index (χ4v) is 4.04. The summed E-state index contributed by atoms with van der Waals surface area (Å²) in [7, 11) is 0. The van der Waals surface area contributed by atoms with Crippen molar-refractivity contribution in [3.05, 3.63) is 16.0 Å². The van der Waals surface area contributed by atoms with Gasteiger partial charge in [-0.05, 0) is 57.7 Å². The van der Waals surface area contributed by atoms with Crippen molar-refractivity contribution in [2.45, 2.75) is 52.5 Å². The number of aliphatic hydroxyl groups is 1. The Labute approximate surface area is 131 Å². The molecule has 1 aromatic rings. The highest BCUT2D eigenvalue weighted by atomic mass is 32.1. The van der Waals surface area contributed by atoms with Gasteiger partial charge in [0.1, 0.15) is 0 Å². The maximum atomic E-state index is 12.3. The van der Waals surface area contributed by atoms with E-state index in [-0.39, 0.29) is 12.5 Å². The van der Waals surface area contributed by atoms with E-state index in [4.69, 9.17) is 5.11 Å². The third-order valence-corrected chi connectivity index (χ3v) is 5.72. The Hall–Kier alpha value is -0.910. The first-order chi connectivity index (χ1) is 10.0. The van der Waals surface area contributed by atoms with Gasteiger partial charge < -0.3 is 10.4 Å². The number of aryl methyl sites for hydroxylation is 1. The van der Waals surface area contributed by atoms with E-state index in [9.17, 15) is 4.79 Å². The normalized spacial score (nSPS) is 19.7. The highest BCUT2D eigenvalue weighted by Crippen LogP contribution is 2.31. The van der Waals surface area contributed by atoms with Gasteiger partial charge in [0.05, 0.1) is 11.5 Å². The largest absolute Gasteiger partial charge is 0.396 e. The Kier molecular flexibility index (Phi) is 5.79. The molecule has 2 heterocycles. The first kappa shape index (κ1) is 16.5. The van der Waals surface area contributed by atoms with E-state index in [1.165, 1.54) is 22.4 Å². The van der Waals surface area contributed by atoms with Crippen LogP contribution in [0.3, 0.4) is 0 Å². The number of thiophene rings is 1. The molecule has 0 bridgehead atoms. The van der Waals surface area contributed by atoms with Gasteiger partial charge in [-0.3, -0.25) is 9.69 Å².